The maximum atomic E-state index is 11.6. The second kappa shape index (κ2) is 4.07. The molecule has 8 heteroatoms. The Morgan fingerprint density at radius 1 is 1.30 bits per heavy atom. The number of hydrogen-bond donors (Lipinski definition) is 2. The molecule has 20 heavy (non-hydrogen) atoms. The van der Waals surface area contributed by atoms with Crippen LogP contribution in [0.15, 0.2) is 29.2 Å². The molecule has 104 valence electrons. The van der Waals surface area contributed by atoms with E-state index in [-0.39, 0.29) is 4.90 Å². The molecule has 0 aliphatic rings. The van der Waals surface area contributed by atoms with Crippen LogP contribution in [0.25, 0.3) is 22.6 Å². The first-order chi connectivity index (χ1) is 9.36. The minimum Gasteiger partial charge on any atom is -0.382 e. The summed E-state index contributed by atoms with van der Waals surface area (Å²) >= 11 is 0. The molecule has 3 aromatic rings. The van der Waals surface area contributed by atoms with E-state index < -0.39 is 9.84 Å². The smallest absolute Gasteiger partial charge is 0.175 e. The lowest BCUT2D eigenvalue weighted by Gasteiger charge is -2.00. The summed E-state index contributed by atoms with van der Waals surface area (Å²) < 4.78 is 25.0. The predicted octanol–water partition coefficient (Wildman–Crippen LogP) is 0.949. The van der Waals surface area contributed by atoms with Gasteiger partial charge in [-0.3, -0.25) is 5.10 Å². The van der Waals surface area contributed by atoms with Gasteiger partial charge in [0.2, 0.25) is 0 Å². The summed E-state index contributed by atoms with van der Waals surface area (Å²) in [5.74, 6) is 1.03. The van der Waals surface area contributed by atoms with E-state index in [2.05, 4.69) is 15.2 Å². The molecule has 0 amide bonds. The van der Waals surface area contributed by atoms with Gasteiger partial charge >= 0.3 is 0 Å². The van der Waals surface area contributed by atoms with Gasteiger partial charge in [0.05, 0.1) is 15.9 Å². The molecule has 0 saturated carbocycles. The van der Waals surface area contributed by atoms with E-state index in [4.69, 9.17) is 5.73 Å². The van der Waals surface area contributed by atoms with Gasteiger partial charge in [0.25, 0.3) is 0 Å². The number of nitrogens with one attached hydrogen (secondary N) is 1. The first-order valence-electron chi connectivity index (χ1n) is 5.84. The molecule has 0 atom stereocenters. The molecule has 1 aromatic carbocycles. The van der Waals surface area contributed by atoms with Crippen LogP contribution in [0.4, 0.5) is 5.82 Å². The minimum atomic E-state index is -3.25. The van der Waals surface area contributed by atoms with Crippen LogP contribution in [0, 0.1) is 0 Å². The van der Waals surface area contributed by atoms with E-state index in [1.54, 1.807) is 24.3 Å². The molecule has 2 aromatic heterocycles. The Hall–Kier alpha value is -2.35. The lowest BCUT2D eigenvalue weighted by molar-refractivity contribution is 0.602. The van der Waals surface area contributed by atoms with Crippen LogP contribution in [0.2, 0.25) is 0 Å². The standard InChI is InChI=1S/C12H13N5O2S/c1-17-10-4-3-7(20(2,18)19)5-8(10)14-12(17)9-6-11(13)16-15-9/h3-6H,1-2H3,(H3,13,15,16). The van der Waals surface area contributed by atoms with Crippen molar-refractivity contribution < 1.29 is 8.42 Å². The number of aromatic amines is 1. The largest absolute Gasteiger partial charge is 0.382 e. The fraction of sp³-hybridized carbons (Fsp3) is 0.167. The Kier molecular flexibility index (Phi) is 2.58. The first kappa shape index (κ1) is 12.7. The number of anilines is 1. The van der Waals surface area contributed by atoms with Gasteiger partial charge in [-0.05, 0) is 18.2 Å². The molecule has 0 unspecified atom stereocenters. The lowest BCUT2D eigenvalue weighted by atomic mass is 10.3. The number of hydrogen-bond acceptors (Lipinski definition) is 5. The van der Waals surface area contributed by atoms with Crippen LogP contribution < -0.4 is 5.73 Å². The van der Waals surface area contributed by atoms with Crippen LogP contribution in [-0.2, 0) is 16.9 Å². The molecule has 0 radical (unpaired) electrons. The Bertz CT molecular complexity index is 907. The van der Waals surface area contributed by atoms with Crippen molar-refractivity contribution in [3.05, 3.63) is 24.3 Å². The molecular formula is C12H13N5O2S. The number of sulfone groups is 1. The van der Waals surface area contributed by atoms with Gasteiger partial charge < -0.3 is 10.3 Å². The molecule has 3 N–H and O–H groups in total. The summed E-state index contributed by atoms with van der Waals surface area (Å²) in [4.78, 5) is 4.69. The molecule has 0 saturated heterocycles. The summed E-state index contributed by atoms with van der Waals surface area (Å²) in [6.45, 7) is 0. The number of nitrogen functional groups attached to an aromatic ring is 1. The third-order valence-corrected chi connectivity index (χ3v) is 4.23. The molecule has 0 bridgehead atoms. The molecule has 0 fully saturated rings. The van der Waals surface area contributed by atoms with Crippen molar-refractivity contribution >= 4 is 26.7 Å². The highest BCUT2D eigenvalue weighted by Crippen LogP contribution is 2.25. The second-order valence-corrected chi connectivity index (χ2v) is 6.64. The maximum absolute atomic E-state index is 11.6. The average molecular weight is 291 g/mol. The number of fused-ring (bicyclic) bond motifs is 1. The first-order valence-corrected chi connectivity index (χ1v) is 7.73. The van der Waals surface area contributed by atoms with Gasteiger partial charge in [-0.2, -0.15) is 5.10 Å². The highest BCUT2D eigenvalue weighted by molar-refractivity contribution is 7.90. The fourth-order valence-corrected chi connectivity index (χ4v) is 2.74. The molecule has 0 spiro atoms. The number of aromatic nitrogens is 4. The number of nitrogens with zero attached hydrogens (tertiary/aromatic N) is 3. The number of aryl methyl sites for hydroxylation is 1. The Labute approximate surface area is 115 Å². The Morgan fingerprint density at radius 2 is 2.05 bits per heavy atom. The number of imidazole rings is 1. The quantitative estimate of drug-likeness (QED) is 0.731. The topological polar surface area (TPSA) is 107 Å². The Balaban J connectivity index is 2.24. The number of H-pyrrole nitrogens is 1. The van der Waals surface area contributed by atoms with Crippen LogP contribution in [0.5, 0.6) is 0 Å². The highest BCUT2D eigenvalue weighted by Gasteiger charge is 2.14. The molecule has 7 nitrogen and oxygen atoms in total. The molecule has 0 aliphatic carbocycles. The van der Waals surface area contributed by atoms with E-state index >= 15 is 0 Å². The summed E-state index contributed by atoms with van der Waals surface area (Å²) in [5, 5.41) is 6.66. The van der Waals surface area contributed by atoms with Gasteiger partial charge in [-0.1, -0.05) is 0 Å². The van der Waals surface area contributed by atoms with Crippen molar-refractivity contribution in [1.82, 2.24) is 19.7 Å². The summed E-state index contributed by atoms with van der Waals surface area (Å²) in [5.41, 5.74) is 7.71. The second-order valence-electron chi connectivity index (χ2n) is 4.62. The van der Waals surface area contributed by atoms with Crippen LogP contribution in [0.1, 0.15) is 0 Å². The highest BCUT2D eigenvalue weighted by atomic mass is 32.2. The van der Waals surface area contributed by atoms with Crippen molar-refractivity contribution in [1.29, 1.82) is 0 Å². The molecule has 3 rings (SSSR count). The molecule has 2 heterocycles. The van der Waals surface area contributed by atoms with Crippen LogP contribution >= 0.6 is 0 Å². The third-order valence-electron chi connectivity index (χ3n) is 3.12. The predicted molar refractivity (Wildman–Crippen MR) is 75.8 cm³/mol. The number of nitrogens with two attached hydrogens (primary N) is 1. The summed E-state index contributed by atoms with van der Waals surface area (Å²) in [6, 6.07) is 6.55. The summed E-state index contributed by atoms with van der Waals surface area (Å²) in [6.07, 6.45) is 1.17. The normalized spacial score (nSPS) is 12.1. The number of rotatable bonds is 2. The monoisotopic (exact) mass is 291 g/mol. The maximum Gasteiger partial charge on any atom is 0.175 e. The van der Waals surface area contributed by atoms with E-state index in [0.29, 0.717) is 22.9 Å². The van der Waals surface area contributed by atoms with E-state index in [1.165, 1.54) is 6.26 Å². The zero-order valence-electron chi connectivity index (χ0n) is 11.0. The molecular weight excluding hydrogens is 278 g/mol. The zero-order chi connectivity index (χ0) is 14.5. The van der Waals surface area contributed by atoms with E-state index in [9.17, 15) is 8.42 Å². The van der Waals surface area contributed by atoms with Gasteiger partial charge in [0.15, 0.2) is 15.7 Å². The van der Waals surface area contributed by atoms with Crippen molar-refractivity contribution in [2.75, 3.05) is 12.0 Å². The van der Waals surface area contributed by atoms with Gasteiger partial charge in [-0.15, -0.1) is 0 Å². The average Bonchev–Trinajstić information content (AvgIpc) is 2.92. The molecule has 0 aliphatic heterocycles. The van der Waals surface area contributed by atoms with Crippen molar-refractivity contribution in [3.63, 3.8) is 0 Å². The van der Waals surface area contributed by atoms with Crippen molar-refractivity contribution in [2.45, 2.75) is 4.90 Å². The van der Waals surface area contributed by atoms with Crippen molar-refractivity contribution in [3.8, 4) is 11.5 Å². The fourth-order valence-electron chi connectivity index (χ4n) is 2.10. The minimum absolute atomic E-state index is 0.249. The Morgan fingerprint density at radius 3 is 2.65 bits per heavy atom. The van der Waals surface area contributed by atoms with Gasteiger partial charge in [-0.25, -0.2) is 13.4 Å². The SMILES string of the molecule is Cn1c(-c2cc(N)n[nH]2)nc2cc(S(C)(=O)=O)ccc21. The lowest BCUT2D eigenvalue weighted by Crippen LogP contribution is -1.96. The van der Waals surface area contributed by atoms with Gasteiger partial charge in [0, 0.05) is 19.4 Å². The third kappa shape index (κ3) is 1.94. The van der Waals surface area contributed by atoms with Crippen LogP contribution in [0.3, 0.4) is 0 Å². The van der Waals surface area contributed by atoms with E-state index in [1.807, 2.05) is 11.6 Å². The van der Waals surface area contributed by atoms with E-state index in [0.717, 1.165) is 5.52 Å². The van der Waals surface area contributed by atoms with Crippen LogP contribution in [-0.4, -0.2) is 34.4 Å². The van der Waals surface area contributed by atoms with Gasteiger partial charge in [0.1, 0.15) is 11.5 Å². The summed E-state index contributed by atoms with van der Waals surface area (Å²) in [7, 11) is -1.40. The van der Waals surface area contributed by atoms with Crippen molar-refractivity contribution in [2.24, 2.45) is 7.05 Å². The number of benzene rings is 1. The zero-order valence-corrected chi connectivity index (χ0v) is 11.8.